The maximum Gasteiger partial charge on any atom is 0.134 e. The summed E-state index contributed by atoms with van der Waals surface area (Å²) in [5, 5.41) is 8.57. The molecule has 0 saturated heterocycles. The minimum absolute atomic E-state index is 0.512. The molecule has 300 valence electrons. The summed E-state index contributed by atoms with van der Waals surface area (Å²) in [6, 6.07) is 55.2. The van der Waals surface area contributed by atoms with Crippen LogP contribution in [-0.4, -0.2) is 0 Å². The van der Waals surface area contributed by atoms with Crippen LogP contribution in [-0.2, 0) is 18.3 Å². The number of hydrogen-bond acceptors (Lipinski definition) is 1. The Morgan fingerprint density at radius 2 is 1.03 bits per heavy atom. The standard InChI is InChI=1S/C63H42O/c1-3-40-41(4-2)61-60-42-18-6-5-17-37(42)30-33-55(60)63(53-26-14-11-19-43(53)44-20-12-15-27-54(44)63)62(61)50-32-29-38(35-51(40)50)58-46-22-7-9-24-48(46)59(49-25-10-8-23-47(49)58)39-31-34-57-52(36-39)45-21-13-16-28-56(45)64-57/h3-4,6-15,18-27,29-36H,1-2,5,16-17,28H2. The molecule has 0 fully saturated rings. The SMILES string of the molecule is C=Cc1c2c(c3ccc(-c4c5ccccc5c(-c5ccc6oc7c(c6c5)C=CCC7)c5ccccc45)cc3c1C=C)C1(c3ccccc3-c3ccccc31)c1ccc3c(c1-2)C=CCC3. The lowest BCUT2D eigenvalue weighted by atomic mass is 9.68. The summed E-state index contributed by atoms with van der Waals surface area (Å²) in [5.41, 5.74) is 22.2. The molecule has 4 aliphatic carbocycles. The summed E-state index contributed by atoms with van der Waals surface area (Å²) in [7, 11) is 0. The number of fused-ring (bicyclic) bond motifs is 19. The highest BCUT2D eigenvalue weighted by Crippen LogP contribution is 2.66. The van der Waals surface area contributed by atoms with E-state index in [0.717, 1.165) is 48.2 Å². The molecule has 4 aliphatic rings. The third-order valence-electron chi connectivity index (χ3n) is 15.1. The first-order valence-corrected chi connectivity index (χ1v) is 22.8. The first-order chi connectivity index (χ1) is 31.7. The molecule has 14 rings (SSSR count). The topological polar surface area (TPSA) is 13.1 Å². The number of furan rings is 1. The molecule has 0 radical (unpaired) electrons. The molecule has 0 aliphatic heterocycles. The molecule has 1 spiro atoms. The Bertz CT molecular complexity index is 3720. The van der Waals surface area contributed by atoms with Crippen LogP contribution < -0.4 is 0 Å². The third kappa shape index (κ3) is 4.48. The van der Waals surface area contributed by atoms with Crippen molar-refractivity contribution in [1.82, 2.24) is 0 Å². The zero-order valence-electron chi connectivity index (χ0n) is 35.5. The number of aryl methyl sites for hydroxylation is 2. The molecule has 0 N–H and O–H groups in total. The molecule has 0 unspecified atom stereocenters. The van der Waals surface area contributed by atoms with Gasteiger partial charge in [-0.2, -0.15) is 0 Å². The fourth-order valence-corrected chi connectivity index (χ4v) is 12.7. The van der Waals surface area contributed by atoms with Crippen LogP contribution in [0.4, 0.5) is 0 Å². The zero-order valence-corrected chi connectivity index (χ0v) is 35.5. The van der Waals surface area contributed by atoms with Crippen molar-refractivity contribution in [2.75, 3.05) is 0 Å². The van der Waals surface area contributed by atoms with E-state index in [1.165, 1.54) is 121 Å². The minimum Gasteiger partial charge on any atom is -0.460 e. The van der Waals surface area contributed by atoms with Gasteiger partial charge in [0.15, 0.2) is 0 Å². The van der Waals surface area contributed by atoms with Crippen LogP contribution in [0.3, 0.4) is 0 Å². The van der Waals surface area contributed by atoms with E-state index in [2.05, 4.69) is 195 Å². The van der Waals surface area contributed by atoms with E-state index in [1.807, 2.05) is 0 Å². The van der Waals surface area contributed by atoms with E-state index < -0.39 is 5.41 Å². The molecule has 64 heavy (non-hydrogen) atoms. The van der Waals surface area contributed by atoms with Gasteiger partial charge in [0.1, 0.15) is 11.3 Å². The van der Waals surface area contributed by atoms with Gasteiger partial charge in [-0.1, -0.05) is 177 Å². The van der Waals surface area contributed by atoms with Gasteiger partial charge >= 0.3 is 0 Å². The van der Waals surface area contributed by atoms with Gasteiger partial charge in [0.05, 0.1) is 5.41 Å². The maximum atomic E-state index is 6.37. The van der Waals surface area contributed by atoms with Gasteiger partial charge in [-0.05, 0) is 159 Å². The summed E-state index contributed by atoms with van der Waals surface area (Å²) in [4.78, 5) is 0. The Balaban J connectivity index is 1.09. The number of rotatable bonds is 4. The Labute approximate surface area is 372 Å². The molecular weight excluding hydrogens is 773 g/mol. The molecule has 0 saturated carbocycles. The molecular formula is C63H42O. The second-order valence-corrected chi connectivity index (χ2v) is 18.0. The quantitative estimate of drug-likeness (QED) is 0.161. The van der Waals surface area contributed by atoms with Crippen molar-refractivity contribution in [2.45, 2.75) is 31.1 Å². The smallest absolute Gasteiger partial charge is 0.134 e. The van der Waals surface area contributed by atoms with Crippen molar-refractivity contribution in [3.8, 4) is 44.5 Å². The number of benzene rings is 9. The maximum absolute atomic E-state index is 6.37. The molecule has 10 aromatic rings. The highest BCUT2D eigenvalue weighted by Gasteiger charge is 2.54. The summed E-state index contributed by atoms with van der Waals surface area (Å²) in [6.45, 7) is 9.12. The average molecular weight is 815 g/mol. The monoisotopic (exact) mass is 814 g/mol. The Morgan fingerprint density at radius 3 is 1.69 bits per heavy atom. The Kier molecular flexibility index (Phi) is 7.35. The van der Waals surface area contributed by atoms with Crippen LogP contribution >= 0.6 is 0 Å². The molecule has 1 heteroatoms. The van der Waals surface area contributed by atoms with Crippen molar-refractivity contribution in [3.05, 3.63) is 227 Å². The van der Waals surface area contributed by atoms with E-state index in [-0.39, 0.29) is 0 Å². The first-order valence-electron chi connectivity index (χ1n) is 22.8. The molecule has 9 aromatic carbocycles. The Hall–Kier alpha value is -7.74. The summed E-state index contributed by atoms with van der Waals surface area (Å²) in [5.74, 6) is 1.09. The van der Waals surface area contributed by atoms with Gasteiger partial charge < -0.3 is 4.42 Å². The lowest BCUT2D eigenvalue weighted by Gasteiger charge is -2.32. The van der Waals surface area contributed by atoms with Gasteiger partial charge in [0, 0.05) is 17.4 Å². The van der Waals surface area contributed by atoms with Gasteiger partial charge in [0.25, 0.3) is 0 Å². The van der Waals surface area contributed by atoms with Crippen LogP contribution in [0.25, 0.3) is 112 Å². The number of hydrogen-bond donors (Lipinski definition) is 0. The van der Waals surface area contributed by atoms with Crippen LogP contribution in [0.15, 0.2) is 175 Å². The third-order valence-corrected chi connectivity index (χ3v) is 15.1. The van der Waals surface area contributed by atoms with Gasteiger partial charge in [0.2, 0.25) is 0 Å². The van der Waals surface area contributed by atoms with E-state index in [0.29, 0.717) is 0 Å². The normalized spacial score (nSPS) is 14.8. The molecule has 1 heterocycles. The van der Waals surface area contributed by atoms with Crippen molar-refractivity contribution in [3.63, 3.8) is 0 Å². The van der Waals surface area contributed by atoms with E-state index in [1.54, 1.807) is 0 Å². The van der Waals surface area contributed by atoms with Crippen LogP contribution in [0.2, 0.25) is 0 Å². The van der Waals surface area contributed by atoms with Gasteiger partial charge in [-0.15, -0.1) is 0 Å². The van der Waals surface area contributed by atoms with Crippen molar-refractivity contribution >= 4 is 67.6 Å². The highest BCUT2D eigenvalue weighted by atomic mass is 16.3. The van der Waals surface area contributed by atoms with Crippen LogP contribution in [0, 0.1) is 0 Å². The van der Waals surface area contributed by atoms with E-state index >= 15 is 0 Å². The highest BCUT2D eigenvalue weighted by molar-refractivity contribution is 6.23. The summed E-state index contributed by atoms with van der Waals surface area (Å²) in [6.07, 6.45) is 17.5. The lowest BCUT2D eigenvalue weighted by Crippen LogP contribution is -2.26. The Morgan fingerprint density at radius 1 is 0.453 bits per heavy atom. The molecule has 0 amide bonds. The predicted octanol–water partition coefficient (Wildman–Crippen LogP) is 16.8. The first kappa shape index (κ1) is 35.8. The fraction of sp³-hybridized carbons (Fsp3) is 0.0794. The second kappa shape index (κ2) is 13.1. The summed E-state index contributed by atoms with van der Waals surface area (Å²) < 4.78 is 6.37. The largest absolute Gasteiger partial charge is 0.460 e. The number of allylic oxidation sites excluding steroid dienone is 2. The lowest BCUT2D eigenvalue weighted by molar-refractivity contribution is 0.546. The predicted molar refractivity (Wildman–Crippen MR) is 271 cm³/mol. The summed E-state index contributed by atoms with van der Waals surface area (Å²) >= 11 is 0. The van der Waals surface area contributed by atoms with Gasteiger partial charge in [-0.25, -0.2) is 0 Å². The fourth-order valence-electron chi connectivity index (χ4n) is 12.7. The molecule has 0 bridgehead atoms. The molecule has 0 atom stereocenters. The van der Waals surface area contributed by atoms with Crippen LogP contribution in [0.1, 0.15) is 68.7 Å². The zero-order chi connectivity index (χ0) is 42.3. The van der Waals surface area contributed by atoms with Crippen molar-refractivity contribution in [2.24, 2.45) is 0 Å². The van der Waals surface area contributed by atoms with Crippen LogP contribution in [0.5, 0.6) is 0 Å². The second-order valence-electron chi connectivity index (χ2n) is 18.0. The van der Waals surface area contributed by atoms with E-state index in [9.17, 15) is 0 Å². The van der Waals surface area contributed by atoms with Crippen molar-refractivity contribution < 1.29 is 4.42 Å². The molecule has 1 nitrogen and oxygen atoms in total. The minimum atomic E-state index is -0.512. The van der Waals surface area contributed by atoms with Crippen molar-refractivity contribution in [1.29, 1.82) is 0 Å². The molecule has 1 aromatic heterocycles. The van der Waals surface area contributed by atoms with Gasteiger partial charge in [-0.3, -0.25) is 0 Å². The average Bonchev–Trinajstić information content (AvgIpc) is 3.99. The van der Waals surface area contributed by atoms with E-state index in [4.69, 9.17) is 4.42 Å².